The van der Waals surface area contributed by atoms with Gasteiger partial charge in [-0.15, -0.1) is 0 Å². The Bertz CT molecular complexity index is 845. The lowest BCUT2D eigenvalue weighted by molar-refractivity contribution is -0.135. The molecule has 0 radical (unpaired) electrons. The monoisotopic (exact) mass is 377 g/mol. The van der Waals surface area contributed by atoms with E-state index in [-0.39, 0.29) is 11.8 Å². The van der Waals surface area contributed by atoms with Gasteiger partial charge in [-0.3, -0.25) is 9.78 Å². The molecule has 6 nitrogen and oxygen atoms in total. The molecule has 1 saturated heterocycles. The summed E-state index contributed by atoms with van der Waals surface area (Å²) in [7, 11) is 1.88. The molecule has 1 aliphatic heterocycles. The third-order valence-corrected chi connectivity index (χ3v) is 5.62. The van der Waals surface area contributed by atoms with Crippen LogP contribution < -0.4 is 4.90 Å². The number of amides is 1. The molecule has 1 fully saturated rings. The number of rotatable bonds is 5. The standard InChI is InChI=1S/C22H27N5O/c1-26(21(28)18-7-3-2-4-8-18)16-20-19(17-9-11-23-12-10-17)15-24-22(25-20)27-13-5-6-14-27/h2-3,9-12,15,18H,4-8,13-14,16H2,1H3. The van der Waals surface area contributed by atoms with Crippen LogP contribution in [0.15, 0.2) is 42.9 Å². The highest BCUT2D eigenvalue weighted by molar-refractivity contribution is 5.79. The third kappa shape index (κ3) is 4.06. The highest BCUT2D eigenvalue weighted by atomic mass is 16.2. The molecule has 146 valence electrons. The molecule has 1 atom stereocenters. The first-order chi connectivity index (χ1) is 13.7. The van der Waals surface area contributed by atoms with E-state index in [1.807, 2.05) is 30.3 Å². The van der Waals surface area contributed by atoms with E-state index in [1.54, 1.807) is 12.4 Å². The molecule has 0 N–H and O–H groups in total. The first kappa shape index (κ1) is 18.6. The second-order valence-electron chi connectivity index (χ2n) is 7.64. The molecule has 1 aliphatic carbocycles. The van der Waals surface area contributed by atoms with Gasteiger partial charge in [0.2, 0.25) is 11.9 Å². The van der Waals surface area contributed by atoms with Gasteiger partial charge in [-0.2, -0.15) is 0 Å². The molecule has 3 heterocycles. The number of anilines is 1. The van der Waals surface area contributed by atoms with E-state index in [0.717, 1.165) is 55.1 Å². The maximum atomic E-state index is 12.9. The van der Waals surface area contributed by atoms with Crippen LogP contribution in [0.25, 0.3) is 11.1 Å². The molecule has 2 aromatic rings. The van der Waals surface area contributed by atoms with Crippen molar-refractivity contribution in [3.63, 3.8) is 0 Å². The van der Waals surface area contributed by atoms with E-state index in [2.05, 4.69) is 27.0 Å². The zero-order chi connectivity index (χ0) is 19.3. The summed E-state index contributed by atoms with van der Waals surface area (Å²) < 4.78 is 0. The summed E-state index contributed by atoms with van der Waals surface area (Å²) >= 11 is 0. The fourth-order valence-corrected chi connectivity index (χ4v) is 4.00. The average molecular weight is 377 g/mol. The lowest BCUT2D eigenvalue weighted by Crippen LogP contribution is -2.33. The van der Waals surface area contributed by atoms with E-state index in [0.29, 0.717) is 6.54 Å². The molecule has 0 spiro atoms. The smallest absolute Gasteiger partial charge is 0.226 e. The fourth-order valence-electron chi connectivity index (χ4n) is 4.00. The predicted molar refractivity (Wildman–Crippen MR) is 110 cm³/mol. The van der Waals surface area contributed by atoms with Gasteiger partial charge in [0, 0.05) is 50.2 Å². The Morgan fingerprint density at radius 1 is 1.21 bits per heavy atom. The molecular weight excluding hydrogens is 350 g/mol. The Kier molecular flexibility index (Phi) is 5.65. The van der Waals surface area contributed by atoms with E-state index in [4.69, 9.17) is 4.98 Å². The minimum atomic E-state index is 0.0827. The van der Waals surface area contributed by atoms with Crippen LogP contribution in [0.4, 0.5) is 5.95 Å². The quantitative estimate of drug-likeness (QED) is 0.747. The van der Waals surface area contributed by atoms with Crippen LogP contribution in [0.2, 0.25) is 0 Å². The van der Waals surface area contributed by atoms with Crippen LogP contribution in [0.3, 0.4) is 0 Å². The lowest BCUT2D eigenvalue weighted by atomic mass is 9.93. The first-order valence-corrected chi connectivity index (χ1v) is 10.1. The average Bonchev–Trinajstić information content (AvgIpc) is 3.29. The number of nitrogens with zero attached hydrogens (tertiary/aromatic N) is 5. The predicted octanol–water partition coefficient (Wildman–Crippen LogP) is 3.45. The fraction of sp³-hybridized carbons (Fsp3) is 0.455. The summed E-state index contributed by atoms with van der Waals surface area (Å²) in [6.45, 7) is 2.48. The minimum absolute atomic E-state index is 0.0827. The Balaban J connectivity index is 1.61. The van der Waals surface area contributed by atoms with Crippen molar-refractivity contribution in [3.8, 4) is 11.1 Å². The van der Waals surface area contributed by atoms with Gasteiger partial charge in [-0.25, -0.2) is 9.97 Å². The first-order valence-electron chi connectivity index (χ1n) is 10.1. The maximum absolute atomic E-state index is 12.9. The SMILES string of the molecule is CN(Cc1nc(N2CCCC2)ncc1-c1ccncc1)C(=O)C1CC=CCC1. The van der Waals surface area contributed by atoms with Crippen molar-refractivity contribution in [3.05, 3.63) is 48.6 Å². The molecule has 1 unspecified atom stereocenters. The van der Waals surface area contributed by atoms with Crippen LogP contribution in [0, 0.1) is 5.92 Å². The number of carbonyl (C=O) groups excluding carboxylic acids is 1. The number of pyridine rings is 1. The molecule has 0 saturated carbocycles. The molecule has 4 rings (SSSR count). The molecule has 6 heteroatoms. The van der Waals surface area contributed by atoms with Crippen molar-refractivity contribution in [2.45, 2.75) is 38.6 Å². The number of hydrogen-bond donors (Lipinski definition) is 0. The van der Waals surface area contributed by atoms with Crippen LogP contribution in [-0.2, 0) is 11.3 Å². The van der Waals surface area contributed by atoms with Crippen LogP contribution in [0.1, 0.15) is 37.8 Å². The Morgan fingerprint density at radius 3 is 2.71 bits per heavy atom. The normalized spacial score (nSPS) is 19.0. The van der Waals surface area contributed by atoms with E-state index < -0.39 is 0 Å². The minimum Gasteiger partial charge on any atom is -0.341 e. The molecule has 2 aliphatic rings. The summed E-state index contributed by atoms with van der Waals surface area (Å²) in [4.78, 5) is 30.6. The number of carbonyl (C=O) groups is 1. The zero-order valence-electron chi connectivity index (χ0n) is 16.4. The summed E-state index contributed by atoms with van der Waals surface area (Å²) in [5.74, 6) is 1.05. The molecule has 1 amide bonds. The molecule has 0 bridgehead atoms. The van der Waals surface area contributed by atoms with Crippen molar-refractivity contribution in [2.75, 3.05) is 25.0 Å². The van der Waals surface area contributed by atoms with Gasteiger partial charge in [-0.1, -0.05) is 12.2 Å². The van der Waals surface area contributed by atoms with Gasteiger partial charge in [0.1, 0.15) is 0 Å². The van der Waals surface area contributed by atoms with Crippen molar-refractivity contribution in [2.24, 2.45) is 5.92 Å². The van der Waals surface area contributed by atoms with Crippen molar-refractivity contribution >= 4 is 11.9 Å². The Morgan fingerprint density at radius 2 is 2.00 bits per heavy atom. The second kappa shape index (κ2) is 8.50. The largest absolute Gasteiger partial charge is 0.341 e. The Labute approximate surface area is 166 Å². The number of allylic oxidation sites excluding steroid dienone is 2. The van der Waals surface area contributed by atoms with Crippen molar-refractivity contribution in [1.29, 1.82) is 0 Å². The molecule has 28 heavy (non-hydrogen) atoms. The topological polar surface area (TPSA) is 62.2 Å². The van der Waals surface area contributed by atoms with Crippen molar-refractivity contribution in [1.82, 2.24) is 19.9 Å². The highest BCUT2D eigenvalue weighted by Gasteiger charge is 2.24. The summed E-state index contributed by atoms with van der Waals surface area (Å²) in [6, 6.07) is 3.93. The van der Waals surface area contributed by atoms with E-state index in [9.17, 15) is 4.79 Å². The van der Waals surface area contributed by atoms with Crippen LogP contribution >= 0.6 is 0 Å². The van der Waals surface area contributed by atoms with Gasteiger partial charge in [-0.05, 0) is 49.8 Å². The van der Waals surface area contributed by atoms with Gasteiger partial charge < -0.3 is 9.80 Å². The van der Waals surface area contributed by atoms with Crippen LogP contribution in [-0.4, -0.2) is 45.9 Å². The summed E-state index contributed by atoms with van der Waals surface area (Å²) in [5, 5.41) is 0. The highest BCUT2D eigenvalue weighted by Crippen LogP contribution is 2.27. The Hall–Kier alpha value is -2.76. The van der Waals surface area contributed by atoms with Gasteiger partial charge in [0.15, 0.2) is 0 Å². The second-order valence-corrected chi connectivity index (χ2v) is 7.64. The maximum Gasteiger partial charge on any atom is 0.226 e. The number of aromatic nitrogens is 3. The molecule has 0 aromatic carbocycles. The molecular formula is C22H27N5O. The third-order valence-electron chi connectivity index (χ3n) is 5.62. The van der Waals surface area contributed by atoms with Gasteiger partial charge in [0.05, 0.1) is 12.2 Å². The van der Waals surface area contributed by atoms with E-state index in [1.165, 1.54) is 12.8 Å². The van der Waals surface area contributed by atoms with E-state index >= 15 is 0 Å². The zero-order valence-corrected chi connectivity index (χ0v) is 16.4. The summed E-state index contributed by atoms with van der Waals surface area (Å²) in [6.07, 6.45) is 14.8. The van der Waals surface area contributed by atoms with Gasteiger partial charge in [0.25, 0.3) is 0 Å². The van der Waals surface area contributed by atoms with Gasteiger partial charge >= 0.3 is 0 Å². The lowest BCUT2D eigenvalue weighted by Gasteiger charge is -2.25. The van der Waals surface area contributed by atoms with Crippen LogP contribution in [0.5, 0.6) is 0 Å². The molecule has 2 aromatic heterocycles. The van der Waals surface area contributed by atoms with Crippen molar-refractivity contribution < 1.29 is 4.79 Å². The number of hydrogen-bond acceptors (Lipinski definition) is 5. The summed E-state index contributed by atoms with van der Waals surface area (Å²) in [5.41, 5.74) is 2.89.